The maximum absolute atomic E-state index is 11.0. The van der Waals surface area contributed by atoms with Crippen molar-refractivity contribution in [1.29, 1.82) is 0 Å². The van der Waals surface area contributed by atoms with Gasteiger partial charge in [-0.2, -0.15) is 0 Å². The van der Waals surface area contributed by atoms with Crippen molar-refractivity contribution in [2.24, 2.45) is 28.1 Å². The fourth-order valence-corrected chi connectivity index (χ4v) is 7.00. The smallest absolute Gasteiger partial charge is 0.0789 e. The van der Waals surface area contributed by atoms with Gasteiger partial charge in [0.05, 0.1) is 18.8 Å². The Morgan fingerprint density at radius 2 is 1.88 bits per heavy atom. The Bertz CT molecular complexity index is 563. The molecule has 0 radical (unpaired) electrons. The van der Waals surface area contributed by atoms with E-state index in [4.69, 9.17) is 0 Å². The molecule has 0 amide bonds. The largest absolute Gasteiger partial charge is 0.395 e. The van der Waals surface area contributed by atoms with Crippen molar-refractivity contribution >= 4 is 31.9 Å². The summed E-state index contributed by atoms with van der Waals surface area (Å²) < 4.78 is 0. The lowest BCUT2D eigenvalue weighted by Crippen LogP contribution is -2.58. The second kappa shape index (κ2) is 6.58. The van der Waals surface area contributed by atoms with Crippen molar-refractivity contribution in [1.82, 2.24) is 0 Å². The van der Waals surface area contributed by atoms with Gasteiger partial charge in [-0.1, -0.05) is 71.2 Å². The van der Waals surface area contributed by atoms with E-state index in [9.17, 15) is 15.3 Å². The molecule has 0 heterocycles. The third-order valence-electron chi connectivity index (χ3n) is 7.94. The van der Waals surface area contributed by atoms with Gasteiger partial charge >= 0.3 is 0 Å². The normalized spacial score (nSPS) is 50.4. The van der Waals surface area contributed by atoms with Crippen LogP contribution in [-0.2, 0) is 0 Å². The SMILES string of the molecule is CC1(C)C2C[C@H](O)[C@H]3C[C@](C)(C(Br)CO)[C@@H](O)C=C3[C@@]2(C)CC[C@@H]1Br. The zero-order valence-corrected chi connectivity index (χ0v) is 18.8. The maximum Gasteiger partial charge on any atom is 0.0789 e. The van der Waals surface area contributed by atoms with Gasteiger partial charge in [0.2, 0.25) is 0 Å². The first-order valence-electron chi connectivity index (χ1n) is 9.45. The van der Waals surface area contributed by atoms with Crippen LogP contribution in [0.3, 0.4) is 0 Å². The molecular formula is C20H32Br2O3. The van der Waals surface area contributed by atoms with Crippen molar-refractivity contribution in [2.45, 2.75) is 75.2 Å². The lowest BCUT2D eigenvalue weighted by molar-refractivity contribution is -0.0825. The Kier molecular flexibility index (Phi) is 5.35. The van der Waals surface area contributed by atoms with E-state index in [-0.39, 0.29) is 34.3 Å². The van der Waals surface area contributed by atoms with Crippen molar-refractivity contribution in [3.63, 3.8) is 0 Å². The van der Waals surface area contributed by atoms with Crippen molar-refractivity contribution in [3.8, 4) is 0 Å². The summed E-state index contributed by atoms with van der Waals surface area (Å²) in [5.41, 5.74) is 0.927. The Labute approximate surface area is 168 Å². The van der Waals surface area contributed by atoms with Crippen LogP contribution in [0.15, 0.2) is 11.6 Å². The predicted octanol–water partition coefficient (Wildman–Crippen LogP) is 4.03. The van der Waals surface area contributed by atoms with Crippen LogP contribution in [-0.4, -0.2) is 43.8 Å². The van der Waals surface area contributed by atoms with Gasteiger partial charge in [0, 0.05) is 21.0 Å². The Morgan fingerprint density at radius 3 is 2.48 bits per heavy atom. The molecule has 8 atom stereocenters. The van der Waals surface area contributed by atoms with Gasteiger partial charge in [-0.05, 0) is 42.4 Å². The summed E-state index contributed by atoms with van der Waals surface area (Å²) in [5, 5.41) is 31.6. The minimum absolute atomic E-state index is 0.0161. The van der Waals surface area contributed by atoms with Crippen LogP contribution in [0.4, 0.5) is 0 Å². The number of rotatable bonds is 2. The number of alkyl halides is 2. The first kappa shape index (κ1) is 20.3. The summed E-state index contributed by atoms with van der Waals surface area (Å²) >= 11 is 7.43. The van der Waals surface area contributed by atoms with Gasteiger partial charge in [0.25, 0.3) is 0 Å². The summed E-state index contributed by atoms with van der Waals surface area (Å²) in [5.74, 6) is 0.466. The molecule has 5 heteroatoms. The summed E-state index contributed by atoms with van der Waals surface area (Å²) in [4.78, 5) is 0.280. The van der Waals surface area contributed by atoms with E-state index >= 15 is 0 Å². The molecule has 3 rings (SSSR count). The zero-order valence-electron chi connectivity index (χ0n) is 15.7. The third-order valence-corrected chi connectivity index (χ3v) is 10.9. The van der Waals surface area contributed by atoms with Crippen LogP contribution in [0, 0.1) is 28.1 Å². The number of fused-ring (bicyclic) bond motifs is 3. The molecule has 2 unspecified atom stereocenters. The highest BCUT2D eigenvalue weighted by molar-refractivity contribution is 9.09. The molecule has 0 aliphatic heterocycles. The molecule has 0 saturated heterocycles. The molecule has 0 aromatic rings. The fourth-order valence-electron chi connectivity index (χ4n) is 5.99. The molecule has 144 valence electrons. The molecule has 2 saturated carbocycles. The Morgan fingerprint density at radius 1 is 1.24 bits per heavy atom. The van der Waals surface area contributed by atoms with E-state index in [0.29, 0.717) is 17.2 Å². The van der Waals surface area contributed by atoms with Gasteiger partial charge in [-0.15, -0.1) is 0 Å². The Balaban J connectivity index is 2.04. The summed E-state index contributed by atoms with van der Waals surface area (Å²) in [6.07, 6.45) is 4.76. The molecule has 25 heavy (non-hydrogen) atoms. The topological polar surface area (TPSA) is 60.7 Å². The molecule has 0 spiro atoms. The van der Waals surface area contributed by atoms with Crippen molar-refractivity contribution in [2.75, 3.05) is 6.61 Å². The molecule has 0 aromatic carbocycles. The van der Waals surface area contributed by atoms with Gasteiger partial charge in [0.1, 0.15) is 0 Å². The number of hydrogen-bond donors (Lipinski definition) is 3. The number of halogens is 2. The summed E-state index contributed by atoms with van der Waals surface area (Å²) in [6.45, 7) is 8.96. The average molecular weight is 480 g/mol. The van der Waals surface area contributed by atoms with Gasteiger partial charge < -0.3 is 15.3 Å². The minimum Gasteiger partial charge on any atom is -0.395 e. The van der Waals surface area contributed by atoms with Crippen molar-refractivity contribution in [3.05, 3.63) is 11.6 Å². The lowest BCUT2D eigenvalue weighted by atomic mass is 9.45. The number of aliphatic hydroxyl groups is 3. The van der Waals surface area contributed by atoms with E-state index < -0.39 is 11.5 Å². The summed E-state index contributed by atoms with van der Waals surface area (Å²) in [7, 11) is 0. The van der Waals surface area contributed by atoms with Gasteiger partial charge in [-0.25, -0.2) is 0 Å². The van der Waals surface area contributed by atoms with E-state index in [2.05, 4.69) is 52.6 Å². The first-order valence-corrected chi connectivity index (χ1v) is 11.3. The highest BCUT2D eigenvalue weighted by atomic mass is 79.9. The highest BCUT2D eigenvalue weighted by Gasteiger charge is 2.59. The van der Waals surface area contributed by atoms with Crippen LogP contribution in [0.2, 0.25) is 0 Å². The van der Waals surface area contributed by atoms with Gasteiger partial charge in [-0.3, -0.25) is 0 Å². The molecule has 0 aromatic heterocycles. The monoisotopic (exact) mass is 478 g/mol. The van der Waals surface area contributed by atoms with E-state index in [1.54, 1.807) is 0 Å². The van der Waals surface area contributed by atoms with E-state index in [1.807, 2.05) is 13.0 Å². The molecular weight excluding hydrogens is 448 g/mol. The van der Waals surface area contributed by atoms with E-state index in [0.717, 1.165) is 19.3 Å². The minimum atomic E-state index is -0.608. The second-order valence-corrected chi connectivity index (χ2v) is 11.8. The molecule has 3 aliphatic rings. The summed E-state index contributed by atoms with van der Waals surface area (Å²) in [6, 6.07) is 0. The lowest BCUT2D eigenvalue weighted by Gasteiger charge is -2.62. The second-order valence-electron chi connectivity index (χ2n) is 9.63. The molecule has 0 bridgehead atoms. The molecule has 3 nitrogen and oxygen atoms in total. The number of aliphatic hydroxyl groups excluding tert-OH is 3. The van der Waals surface area contributed by atoms with Crippen molar-refractivity contribution < 1.29 is 15.3 Å². The van der Waals surface area contributed by atoms with Crippen LogP contribution in [0.1, 0.15) is 53.4 Å². The van der Waals surface area contributed by atoms with Crippen LogP contribution < -0.4 is 0 Å². The average Bonchev–Trinajstić information content (AvgIpc) is 2.55. The van der Waals surface area contributed by atoms with Crippen LogP contribution >= 0.6 is 31.9 Å². The predicted molar refractivity (Wildman–Crippen MR) is 108 cm³/mol. The van der Waals surface area contributed by atoms with Crippen LogP contribution in [0.25, 0.3) is 0 Å². The molecule has 3 aliphatic carbocycles. The molecule has 3 N–H and O–H groups in total. The molecule has 2 fully saturated rings. The quantitative estimate of drug-likeness (QED) is 0.414. The van der Waals surface area contributed by atoms with Gasteiger partial charge in [0.15, 0.2) is 0 Å². The number of hydrogen-bond acceptors (Lipinski definition) is 3. The third kappa shape index (κ3) is 2.91. The first-order chi connectivity index (χ1) is 11.5. The maximum atomic E-state index is 11.0. The van der Waals surface area contributed by atoms with E-state index in [1.165, 1.54) is 5.57 Å². The highest BCUT2D eigenvalue weighted by Crippen LogP contribution is 2.65. The Hall–Kier alpha value is 0.580. The zero-order chi connectivity index (χ0) is 18.8. The fraction of sp³-hybridized carbons (Fsp3) is 0.900. The standard InChI is InChI=1S/C20H32Br2O3/c1-18(2)14-8-13(24)11-9-20(4,16(22)10-23)17(25)7-12(11)19(14,3)6-5-15(18)21/h7,11,13-17,23-25H,5-6,8-10H2,1-4H3/t11-,13-,14?,15-,16?,17-,19+,20+/m0/s1. The van der Waals surface area contributed by atoms with Crippen LogP contribution in [0.5, 0.6) is 0 Å².